The number of hydrogen-bond donors (Lipinski definition) is 1. The summed E-state index contributed by atoms with van der Waals surface area (Å²) in [5.41, 5.74) is 0.530. The molecule has 0 bridgehead atoms. The highest BCUT2D eigenvalue weighted by Gasteiger charge is 2.52. The van der Waals surface area contributed by atoms with E-state index < -0.39 is 5.41 Å². The van der Waals surface area contributed by atoms with Crippen LogP contribution in [-0.4, -0.2) is 48.9 Å². The number of anilines is 1. The van der Waals surface area contributed by atoms with Crippen LogP contribution in [0.5, 0.6) is 11.5 Å². The quantitative estimate of drug-likeness (QED) is 0.754. The highest BCUT2D eigenvalue weighted by Crippen LogP contribution is 2.51. The number of nitrogens with zero attached hydrogens (tertiary/aromatic N) is 2. The van der Waals surface area contributed by atoms with Crippen molar-refractivity contribution in [3.8, 4) is 11.5 Å². The molecule has 1 unspecified atom stereocenters. The Bertz CT molecular complexity index is 973. The molecule has 31 heavy (non-hydrogen) atoms. The van der Waals surface area contributed by atoms with Gasteiger partial charge >= 0.3 is 0 Å². The van der Waals surface area contributed by atoms with Gasteiger partial charge in [-0.25, -0.2) is 4.98 Å². The lowest BCUT2D eigenvalue weighted by atomic mass is 9.84. The smallest absolute Gasteiger partial charge is 0.236 e. The first-order valence-corrected chi connectivity index (χ1v) is 11.7. The summed E-state index contributed by atoms with van der Waals surface area (Å²) in [6, 6.07) is 6.05. The Labute approximate surface area is 186 Å². The largest absolute Gasteiger partial charge is 0.454 e. The summed E-state index contributed by atoms with van der Waals surface area (Å²) in [7, 11) is 0. The monoisotopic (exact) mass is 443 g/mol. The molecule has 166 valence electrons. The average molecular weight is 444 g/mol. The molecule has 3 heterocycles. The van der Waals surface area contributed by atoms with E-state index in [4.69, 9.17) is 14.2 Å². The number of carbonyl (C=O) groups is 1. The third-order valence-corrected chi connectivity index (χ3v) is 7.32. The summed E-state index contributed by atoms with van der Waals surface area (Å²) in [4.78, 5) is 21.4. The van der Waals surface area contributed by atoms with Gasteiger partial charge in [0.1, 0.15) is 0 Å². The van der Waals surface area contributed by atoms with E-state index in [1.54, 1.807) is 11.3 Å². The molecule has 8 heteroatoms. The number of hydrogen-bond acceptors (Lipinski definition) is 7. The molecule has 2 fully saturated rings. The lowest BCUT2D eigenvalue weighted by molar-refractivity contribution is -0.118. The fourth-order valence-electron chi connectivity index (χ4n) is 4.64. The zero-order valence-corrected chi connectivity index (χ0v) is 19.1. The molecule has 1 N–H and O–H groups in total. The number of benzene rings is 1. The molecule has 5 rings (SSSR count). The average Bonchev–Trinajstić information content (AvgIpc) is 3.21. The molecular formula is C23H29N3O4S. The molecule has 3 aliphatic rings. The summed E-state index contributed by atoms with van der Waals surface area (Å²) in [5.74, 6) is 1.46. The van der Waals surface area contributed by atoms with Crippen molar-refractivity contribution in [3.05, 3.63) is 34.8 Å². The topological polar surface area (TPSA) is 72.9 Å². The van der Waals surface area contributed by atoms with Crippen LogP contribution in [0.1, 0.15) is 50.1 Å². The third-order valence-electron chi connectivity index (χ3n) is 6.35. The Morgan fingerprint density at radius 3 is 2.65 bits per heavy atom. The van der Waals surface area contributed by atoms with Gasteiger partial charge in [-0.15, -0.1) is 11.3 Å². The number of ether oxygens (including phenoxy) is 3. The molecule has 1 aliphatic carbocycles. The predicted octanol–water partition coefficient (Wildman–Crippen LogP) is 3.96. The SMILES string of the molecule is CC(C)(C)C(c1cnc(NC(=O)C2(c3ccc4c(c3)OCO4)CC2)s1)N1CCOCC1. The molecule has 2 aliphatic heterocycles. The number of thiazole rings is 1. The molecule has 1 amide bonds. The fraction of sp³-hybridized carbons (Fsp3) is 0.565. The normalized spacial score (nSPS) is 21.0. The summed E-state index contributed by atoms with van der Waals surface area (Å²) < 4.78 is 16.4. The second-order valence-corrected chi connectivity index (χ2v) is 10.7. The predicted molar refractivity (Wildman–Crippen MR) is 119 cm³/mol. The van der Waals surface area contributed by atoms with Crippen molar-refractivity contribution in [2.24, 2.45) is 5.41 Å². The van der Waals surface area contributed by atoms with Crippen molar-refractivity contribution in [2.75, 3.05) is 38.4 Å². The Kier molecular flexibility index (Phi) is 5.19. The second kappa shape index (κ2) is 7.76. The van der Waals surface area contributed by atoms with Gasteiger partial charge < -0.3 is 19.5 Å². The van der Waals surface area contributed by atoms with Gasteiger partial charge in [-0.05, 0) is 36.0 Å². The van der Waals surface area contributed by atoms with Gasteiger partial charge in [-0.1, -0.05) is 26.8 Å². The first kappa shape index (κ1) is 20.7. The number of fused-ring (bicyclic) bond motifs is 1. The van der Waals surface area contributed by atoms with E-state index in [9.17, 15) is 4.79 Å². The first-order valence-electron chi connectivity index (χ1n) is 10.9. The first-order chi connectivity index (χ1) is 14.9. The highest BCUT2D eigenvalue weighted by molar-refractivity contribution is 7.15. The van der Waals surface area contributed by atoms with Crippen molar-refractivity contribution < 1.29 is 19.0 Å². The number of rotatable bonds is 5. The molecule has 1 saturated carbocycles. The maximum atomic E-state index is 13.2. The van der Waals surface area contributed by atoms with Crippen LogP contribution in [0.2, 0.25) is 0 Å². The number of aromatic nitrogens is 1. The van der Waals surface area contributed by atoms with E-state index in [-0.39, 0.29) is 24.2 Å². The maximum Gasteiger partial charge on any atom is 0.236 e. The summed E-state index contributed by atoms with van der Waals surface area (Å²) in [6.45, 7) is 10.3. The zero-order valence-electron chi connectivity index (χ0n) is 18.3. The van der Waals surface area contributed by atoms with Gasteiger partial charge in [-0.3, -0.25) is 9.69 Å². The Balaban J connectivity index is 1.33. The molecule has 1 saturated heterocycles. The van der Waals surface area contributed by atoms with E-state index in [0.29, 0.717) is 10.9 Å². The van der Waals surface area contributed by atoms with Crippen LogP contribution >= 0.6 is 11.3 Å². The minimum Gasteiger partial charge on any atom is -0.454 e. The molecule has 1 aromatic heterocycles. The zero-order chi connectivity index (χ0) is 21.6. The van der Waals surface area contributed by atoms with Crippen molar-refractivity contribution in [1.82, 2.24) is 9.88 Å². The van der Waals surface area contributed by atoms with Crippen LogP contribution in [0.4, 0.5) is 5.13 Å². The van der Waals surface area contributed by atoms with Crippen molar-refractivity contribution in [2.45, 2.75) is 45.1 Å². The van der Waals surface area contributed by atoms with Gasteiger partial charge in [0, 0.05) is 24.2 Å². The molecule has 0 spiro atoms. The summed E-state index contributed by atoms with van der Waals surface area (Å²) >= 11 is 1.58. The second-order valence-electron chi connectivity index (χ2n) is 9.59. The van der Waals surface area contributed by atoms with Gasteiger partial charge in [0.2, 0.25) is 12.7 Å². The molecular weight excluding hydrogens is 414 g/mol. The number of amides is 1. The summed E-state index contributed by atoms with van der Waals surface area (Å²) in [6.07, 6.45) is 3.58. The van der Waals surface area contributed by atoms with Crippen LogP contribution in [0.3, 0.4) is 0 Å². The van der Waals surface area contributed by atoms with Crippen molar-refractivity contribution in [3.63, 3.8) is 0 Å². The van der Waals surface area contributed by atoms with Crippen molar-refractivity contribution in [1.29, 1.82) is 0 Å². The third kappa shape index (κ3) is 3.92. The Morgan fingerprint density at radius 1 is 1.19 bits per heavy atom. The summed E-state index contributed by atoms with van der Waals surface area (Å²) in [5, 5.41) is 3.76. The Morgan fingerprint density at radius 2 is 1.94 bits per heavy atom. The number of carbonyl (C=O) groups excluding carboxylic acids is 1. The van der Waals surface area contributed by atoms with Crippen LogP contribution in [0, 0.1) is 5.41 Å². The van der Waals surface area contributed by atoms with Gasteiger partial charge in [-0.2, -0.15) is 0 Å². The van der Waals surface area contributed by atoms with Crippen LogP contribution in [0.25, 0.3) is 0 Å². The van der Waals surface area contributed by atoms with Gasteiger partial charge in [0.25, 0.3) is 0 Å². The van der Waals surface area contributed by atoms with Crippen LogP contribution in [0.15, 0.2) is 24.4 Å². The lowest BCUT2D eigenvalue weighted by Gasteiger charge is -2.41. The van der Waals surface area contributed by atoms with E-state index in [1.165, 1.54) is 4.88 Å². The lowest BCUT2D eigenvalue weighted by Crippen LogP contribution is -2.43. The van der Waals surface area contributed by atoms with Gasteiger partial charge in [0.05, 0.1) is 24.7 Å². The number of nitrogens with one attached hydrogen (secondary N) is 1. The minimum atomic E-state index is -0.500. The van der Waals surface area contributed by atoms with E-state index in [1.807, 2.05) is 24.4 Å². The molecule has 0 radical (unpaired) electrons. The van der Waals surface area contributed by atoms with Crippen LogP contribution in [-0.2, 0) is 14.9 Å². The van der Waals surface area contributed by atoms with Gasteiger partial charge in [0.15, 0.2) is 16.6 Å². The van der Waals surface area contributed by atoms with E-state index in [0.717, 1.165) is 50.5 Å². The standard InChI is InChI=1S/C23H29N3O4S/c1-22(2,3)19(26-8-10-28-11-9-26)18-13-24-21(31-18)25-20(27)23(6-7-23)15-4-5-16-17(12-15)30-14-29-16/h4-5,12-13,19H,6-11,14H2,1-3H3,(H,24,25,27). The fourth-order valence-corrected chi connectivity index (χ4v) is 5.84. The number of morpholine rings is 1. The molecule has 1 atom stereocenters. The Hall–Kier alpha value is -2.16. The van der Waals surface area contributed by atoms with E-state index >= 15 is 0 Å². The minimum absolute atomic E-state index is 0.00551. The highest BCUT2D eigenvalue weighted by atomic mass is 32.1. The molecule has 7 nitrogen and oxygen atoms in total. The molecule has 1 aromatic carbocycles. The maximum absolute atomic E-state index is 13.2. The molecule has 2 aromatic rings. The van der Waals surface area contributed by atoms with E-state index in [2.05, 4.69) is 36.0 Å². The van der Waals surface area contributed by atoms with Crippen LogP contribution < -0.4 is 14.8 Å². The van der Waals surface area contributed by atoms with Crippen molar-refractivity contribution >= 4 is 22.4 Å².